The summed E-state index contributed by atoms with van der Waals surface area (Å²) in [5.74, 6) is 0.887. The van der Waals surface area contributed by atoms with Crippen LogP contribution < -0.4 is 0 Å². The second-order valence-corrected chi connectivity index (χ2v) is 8.90. The molecule has 162 valence electrons. The van der Waals surface area contributed by atoms with Crippen LogP contribution in [0, 0.1) is 6.92 Å². The average molecular weight is 490 g/mol. The summed E-state index contributed by atoms with van der Waals surface area (Å²) < 4.78 is 11.0. The van der Waals surface area contributed by atoms with Crippen LogP contribution in [0.4, 0.5) is 0 Å². The third-order valence-corrected chi connectivity index (χ3v) is 6.76. The Bertz CT molecular complexity index is 1500. The number of hydrogen-bond acceptors (Lipinski definition) is 3. The maximum atomic E-state index is 11.5. The molecule has 5 nitrogen and oxygen atoms in total. The van der Waals surface area contributed by atoms with Crippen LogP contribution in [0.5, 0.6) is 0 Å². The van der Waals surface area contributed by atoms with Crippen molar-refractivity contribution in [1.82, 2.24) is 14.1 Å². The van der Waals surface area contributed by atoms with Crippen molar-refractivity contribution < 1.29 is 9.53 Å². The summed E-state index contributed by atoms with van der Waals surface area (Å²) >= 11 is 3.63. The van der Waals surface area contributed by atoms with Crippen molar-refractivity contribution in [3.05, 3.63) is 64.1 Å². The standard InChI is InChI=1S/C26H24BrN3O2/c1-4-29-22-8-5-17(13-20(22)21-14-19(27)7-10-23(21)29)26-28-25-16(2)18(15-31)6-9-24(25)30(26)11-12-32-3/h5-10,13-15H,4,11-12H2,1-3H3. The van der Waals surface area contributed by atoms with Gasteiger partial charge in [-0.2, -0.15) is 0 Å². The molecular formula is C26H24BrN3O2. The highest BCUT2D eigenvalue weighted by atomic mass is 79.9. The number of rotatable bonds is 6. The molecule has 0 radical (unpaired) electrons. The van der Waals surface area contributed by atoms with Crippen LogP contribution in [0.25, 0.3) is 44.2 Å². The highest BCUT2D eigenvalue weighted by Crippen LogP contribution is 2.35. The van der Waals surface area contributed by atoms with Gasteiger partial charge in [0.05, 0.1) is 17.6 Å². The van der Waals surface area contributed by atoms with Gasteiger partial charge >= 0.3 is 0 Å². The lowest BCUT2D eigenvalue weighted by Gasteiger charge is -2.10. The van der Waals surface area contributed by atoms with Crippen molar-refractivity contribution in [3.63, 3.8) is 0 Å². The molecule has 0 saturated carbocycles. The minimum Gasteiger partial charge on any atom is -0.383 e. The lowest BCUT2D eigenvalue weighted by Crippen LogP contribution is -2.06. The van der Waals surface area contributed by atoms with E-state index in [2.05, 4.69) is 68.4 Å². The predicted octanol–water partition coefficient (Wildman–Crippen LogP) is 6.36. The summed E-state index contributed by atoms with van der Waals surface area (Å²) in [7, 11) is 1.71. The maximum Gasteiger partial charge on any atom is 0.150 e. The molecule has 32 heavy (non-hydrogen) atoms. The molecule has 0 aliphatic carbocycles. The summed E-state index contributed by atoms with van der Waals surface area (Å²) in [6.07, 6.45) is 0.895. The Morgan fingerprint density at radius 2 is 1.72 bits per heavy atom. The smallest absolute Gasteiger partial charge is 0.150 e. The van der Waals surface area contributed by atoms with E-state index in [4.69, 9.17) is 9.72 Å². The van der Waals surface area contributed by atoms with Crippen LogP contribution >= 0.6 is 15.9 Å². The van der Waals surface area contributed by atoms with Crippen LogP contribution in [-0.4, -0.2) is 34.1 Å². The zero-order valence-corrected chi connectivity index (χ0v) is 19.9. The Labute approximate surface area is 194 Å². The van der Waals surface area contributed by atoms with Gasteiger partial charge in [0.2, 0.25) is 0 Å². The monoisotopic (exact) mass is 489 g/mol. The number of methoxy groups -OCH3 is 1. The van der Waals surface area contributed by atoms with E-state index in [-0.39, 0.29) is 0 Å². The van der Waals surface area contributed by atoms with Gasteiger partial charge in [0.1, 0.15) is 12.1 Å². The number of carbonyl (C=O) groups is 1. The van der Waals surface area contributed by atoms with Crippen LogP contribution in [0.2, 0.25) is 0 Å². The minimum absolute atomic E-state index is 0.581. The van der Waals surface area contributed by atoms with E-state index >= 15 is 0 Å². The second kappa shape index (κ2) is 8.19. The van der Waals surface area contributed by atoms with Crippen molar-refractivity contribution >= 4 is 55.1 Å². The number of fused-ring (bicyclic) bond motifs is 4. The SMILES string of the molecule is CCn1c2ccc(Br)cc2c2cc(-c3nc4c(C)c(C=O)ccc4n3CCOC)ccc21. The summed E-state index contributed by atoms with van der Waals surface area (Å²) in [4.78, 5) is 16.5. The van der Waals surface area contributed by atoms with Gasteiger partial charge in [0.15, 0.2) is 0 Å². The molecule has 6 heteroatoms. The fourth-order valence-electron chi connectivity index (χ4n) is 4.65. The van der Waals surface area contributed by atoms with Crippen molar-refractivity contribution in [2.75, 3.05) is 13.7 Å². The fourth-order valence-corrected chi connectivity index (χ4v) is 5.01. The molecule has 2 heterocycles. The van der Waals surface area contributed by atoms with Crippen LogP contribution in [-0.2, 0) is 17.8 Å². The summed E-state index contributed by atoms with van der Waals surface area (Å²) in [6.45, 7) is 6.30. The average Bonchev–Trinajstić information content (AvgIpc) is 3.33. The molecule has 0 N–H and O–H groups in total. The van der Waals surface area contributed by atoms with Crippen molar-refractivity contribution in [2.24, 2.45) is 0 Å². The normalized spacial score (nSPS) is 11.8. The fraction of sp³-hybridized carbons (Fsp3) is 0.231. The second-order valence-electron chi connectivity index (χ2n) is 7.98. The van der Waals surface area contributed by atoms with E-state index < -0.39 is 0 Å². The molecule has 0 atom stereocenters. The number of benzene rings is 3. The molecule has 3 aromatic carbocycles. The number of aldehydes is 1. The van der Waals surface area contributed by atoms with Gasteiger partial charge in [-0.15, -0.1) is 0 Å². The molecular weight excluding hydrogens is 466 g/mol. The molecule has 0 bridgehead atoms. The minimum atomic E-state index is 0.581. The highest BCUT2D eigenvalue weighted by molar-refractivity contribution is 9.10. The summed E-state index contributed by atoms with van der Waals surface area (Å²) in [6, 6.07) is 16.9. The number of aryl methyl sites for hydroxylation is 2. The lowest BCUT2D eigenvalue weighted by molar-refractivity contribution is 0.112. The Morgan fingerprint density at radius 1 is 1.00 bits per heavy atom. The number of carbonyl (C=O) groups excluding carboxylic acids is 1. The molecule has 0 saturated heterocycles. The molecule has 2 aromatic heterocycles. The Morgan fingerprint density at radius 3 is 2.44 bits per heavy atom. The Hall–Kier alpha value is -2.96. The van der Waals surface area contributed by atoms with E-state index in [9.17, 15) is 4.79 Å². The van der Waals surface area contributed by atoms with Gasteiger partial charge in [-0.3, -0.25) is 4.79 Å². The van der Waals surface area contributed by atoms with E-state index in [1.807, 2.05) is 19.1 Å². The Kier molecular flexibility index (Phi) is 5.35. The largest absolute Gasteiger partial charge is 0.383 e. The summed E-state index contributed by atoms with van der Waals surface area (Å²) in [5.41, 5.74) is 6.94. The zero-order valence-electron chi connectivity index (χ0n) is 18.4. The van der Waals surface area contributed by atoms with Gasteiger partial charge < -0.3 is 13.9 Å². The third-order valence-electron chi connectivity index (χ3n) is 6.26. The molecule has 0 aliphatic rings. The molecule has 0 spiro atoms. The molecule has 0 amide bonds. The number of ether oxygens (including phenoxy) is 1. The Balaban J connectivity index is 1.80. The van der Waals surface area contributed by atoms with Crippen molar-refractivity contribution in [2.45, 2.75) is 26.9 Å². The highest BCUT2D eigenvalue weighted by Gasteiger charge is 2.18. The first-order valence-electron chi connectivity index (χ1n) is 10.7. The first-order chi connectivity index (χ1) is 15.6. The lowest BCUT2D eigenvalue weighted by atomic mass is 10.1. The van der Waals surface area contributed by atoms with Crippen molar-refractivity contribution in [1.29, 1.82) is 0 Å². The quantitative estimate of drug-likeness (QED) is 0.260. The number of imidazole rings is 1. The van der Waals surface area contributed by atoms with Crippen molar-refractivity contribution in [3.8, 4) is 11.4 Å². The molecule has 0 fully saturated rings. The first kappa shape index (κ1) is 20.9. The molecule has 5 rings (SSSR count). The number of aromatic nitrogens is 3. The molecule has 0 aliphatic heterocycles. The van der Waals surface area contributed by atoms with Crippen LogP contribution in [0.1, 0.15) is 22.8 Å². The van der Waals surface area contributed by atoms with Gasteiger partial charge in [0.25, 0.3) is 0 Å². The molecule has 5 aromatic rings. The van der Waals surface area contributed by atoms with E-state index in [1.165, 1.54) is 21.8 Å². The number of nitrogens with zero attached hydrogens (tertiary/aromatic N) is 3. The third kappa shape index (κ3) is 3.17. The van der Waals surface area contributed by atoms with Gasteiger partial charge in [-0.1, -0.05) is 15.9 Å². The first-order valence-corrected chi connectivity index (χ1v) is 11.5. The van der Waals surface area contributed by atoms with E-state index in [0.29, 0.717) is 18.7 Å². The predicted molar refractivity (Wildman–Crippen MR) is 134 cm³/mol. The maximum absolute atomic E-state index is 11.5. The van der Waals surface area contributed by atoms with Gasteiger partial charge in [0, 0.05) is 57.6 Å². The number of hydrogen-bond donors (Lipinski definition) is 0. The van der Waals surface area contributed by atoms with E-state index in [0.717, 1.165) is 45.3 Å². The van der Waals surface area contributed by atoms with E-state index in [1.54, 1.807) is 7.11 Å². The van der Waals surface area contributed by atoms with Gasteiger partial charge in [-0.05, 0) is 67.9 Å². The van der Waals surface area contributed by atoms with Gasteiger partial charge in [-0.25, -0.2) is 4.98 Å². The van der Waals surface area contributed by atoms with Crippen LogP contribution in [0.3, 0.4) is 0 Å². The topological polar surface area (TPSA) is 49.0 Å². The number of halogens is 1. The molecule has 0 unspecified atom stereocenters. The summed E-state index contributed by atoms with van der Waals surface area (Å²) in [5, 5.41) is 2.42. The van der Waals surface area contributed by atoms with Crippen LogP contribution in [0.15, 0.2) is 53.0 Å². The zero-order chi connectivity index (χ0) is 22.4.